The summed E-state index contributed by atoms with van der Waals surface area (Å²) in [6, 6.07) is 27.2. The molecule has 4 amide bonds. The summed E-state index contributed by atoms with van der Waals surface area (Å²) in [7, 11) is 0. The van der Waals surface area contributed by atoms with Crippen molar-refractivity contribution in [3.63, 3.8) is 0 Å². The van der Waals surface area contributed by atoms with Crippen molar-refractivity contribution < 1.29 is 48.3 Å². The largest absolute Gasteiger partial charge is 0.504 e. The Bertz CT molecular complexity index is 1910. The molecule has 0 radical (unpaired) electrons. The van der Waals surface area contributed by atoms with E-state index < -0.39 is 47.3 Å². The molecule has 0 heterocycles. The quantitative estimate of drug-likeness (QED) is 0.0848. The number of alkyl carbamates (subject to hydrolysis) is 2. The Balaban J connectivity index is 0.000000342. The van der Waals surface area contributed by atoms with Gasteiger partial charge in [-0.25, -0.2) is 9.59 Å². The number of phenolic OH excluding ortho intramolecular Hbond substituents is 2. The van der Waals surface area contributed by atoms with Gasteiger partial charge in [-0.1, -0.05) is 72.8 Å². The Kier molecular flexibility index (Phi) is 15.9. The maximum atomic E-state index is 12.2. The fourth-order valence-corrected chi connectivity index (χ4v) is 4.89. The van der Waals surface area contributed by atoms with Crippen LogP contribution in [0.25, 0.3) is 0 Å². The van der Waals surface area contributed by atoms with E-state index in [2.05, 4.69) is 10.6 Å². The molecule has 0 unspecified atom stereocenters. The molecule has 0 saturated carbocycles. The molecule has 56 heavy (non-hydrogen) atoms. The van der Waals surface area contributed by atoms with E-state index in [-0.39, 0.29) is 24.3 Å². The van der Waals surface area contributed by atoms with Crippen molar-refractivity contribution >= 4 is 24.0 Å². The lowest BCUT2D eigenvalue weighted by atomic mass is 10.0. The second-order valence-electron chi connectivity index (χ2n) is 14.8. The topological polar surface area (TPSA) is 222 Å². The number of benzene rings is 4. The molecule has 0 fully saturated rings. The molecule has 4 rings (SSSR count). The standard InChI is InChI=1S/C28H32N2O5.C14H20N2O5/c1-28(2,3)35-27(32)30-23(26(29)31)16-22-14-15-24(33-18-20-10-6-4-7-11-20)25(17-22)34-19-21-12-8-5-9-13-21;1-14(2,3)21-13(20)16-9(12(15)19)6-8-4-5-10(17)11(18)7-8/h4-15,17,23H,16,18-19H2,1-3H3,(H2,29,31)(H,30,32);4-5,7,9,17-18H,6H2,1-3H3,(H2,15,19)(H,16,20)/t23-;9-/m00/s1. The molecule has 300 valence electrons. The smallest absolute Gasteiger partial charge is 0.408 e. The zero-order valence-corrected chi connectivity index (χ0v) is 32.5. The molecule has 0 bridgehead atoms. The molecule has 8 N–H and O–H groups in total. The Labute approximate surface area is 327 Å². The van der Waals surface area contributed by atoms with Gasteiger partial charge in [-0.3, -0.25) is 9.59 Å². The molecule has 14 heteroatoms. The maximum absolute atomic E-state index is 12.2. The third-order valence-corrected chi connectivity index (χ3v) is 7.47. The van der Waals surface area contributed by atoms with E-state index in [4.69, 9.17) is 30.4 Å². The molecule has 14 nitrogen and oxygen atoms in total. The van der Waals surface area contributed by atoms with Gasteiger partial charge < -0.3 is 51.3 Å². The van der Waals surface area contributed by atoms with Gasteiger partial charge in [0.1, 0.15) is 36.5 Å². The van der Waals surface area contributed by atoms with Gasteiger partial charge in [-0.2, -0.15) is 0 Å². The van der Waals surface area contributed by atoms with Crippen LogP contribution in [0, 0.1) is 0 Å². The minimum atomic E-state index is -0.983. The lowest BCUT2D eigenvalue weighted by Gasteiger charge is -2.22. The zero-order chi connectivity index (χ0) is 41.5. The third-order valence-electron chi connectivity index (χ3n) is 7.47. The zero-order valence-electron chi connectivity index (χ0n) is 32.5. The van der Waals surface area contributed by atoms with Gasteiger partial charge in [0.25, 0.3) is 0 Å². The molecule has 0 aromatic heterocycles. The van der Waals surface area contributed by atoms with E-state index in [1.54, 1.807) is 53.7 Å². The summed E-state index contributed by atoms with van der Waals surface area (Å²) in [5, 5.41) is 23.6. The fraction of sp³-hybridized carbons (Fsp3) is 0.333. The molecular weight excluding hydrogens is 720 g/mol. The summed E-state index contributed by atoms with van der Waals surface area (Å²) in [6.45, 7) is 11.1. The van der Waals surface area contributed by atoms with E-state index in [1.165, 1.54) is 18.2 Å². The first kappa shape index (κ1) is 44.0. The van der Waals surface area contributed by atoms with Crippen LogP contribution in [0.2, 0.25) is 0 Å². The summed E-state index contributed by atoms with van der Waals surface area (Å²) < 4.78 is 22.4. The predicted molar refractivity (Wildman–Crippen MR) is 210 cm³/mol. The van der Waals surface area contributed by atoms with Crippen LogP contribution >= 0.6 is 0 Å². The fourth-order valence-electron chi connectivity index (χ4n) is 4.89. The van der Waals surface area contributed by atoms with Crippen LogP contribution in [0.5, 0.6) is 23.0 Å². The maximum Gasteiger partial charge on any atom is 0.408 e. The molecular formula is C42H52N4O10. The summed E-state index contributed by atoms with van der Waals surface area (Å²) in [5.41, 5.74) is 12.7. The number of nitrogens with two attached hydrogens (primary N) is 2. The van der Waals surface area contributed by atoms with Crippen LogP contribution in [0.15, 0.2) is 97.1 Å². The average molecular weight is 773 g/mol. The van der Waals surface area contributed by atoms with Crippen molar-refractivity contribution in [2.75, 3.05) is 0 Å². The molecule has 4 aromatic carbocycles. The molecule has 0 spiro atoms. The number of ether oxygens (including phenoxy) is 4. The van der Waals surface area contributed by atoms with Gasteiger partial charge in [0, 0.05) is 12.8 Å². The number of hydrogen-bond acceptors (Lipinski definition) is 10. The van der Waals surface area contributed by atoms with Gasteiger partial charge in [0.2, 0.25) is 11.8 Å². The number of nitrogens with one attached hydrogen (secondary N) is 2. The number of amides is 4. The predicted octanol–water partition coefficient (Wildman–Crippen LogP) is 5.78. The molecule has 0 aliphatic heterocycles. The molecule has 0 aliphatic rings. The van der Waals surface area contributed by atoms with Gasteiger partial charge in [-0.05, 0) is 88.1 Å². The number of phenols is 2. The SMILES string of the molecule is CC(C)(C)OC(=O)N[C@@H](Cc1ccc(O)c(O)c1)C(N)=O.CC(C)(C)OC(=O)N[C@@H](Cc1ccc(OCc2ccccc2)c(OCc2ccccc2)c1)C(N)=O. The summed E-state index contributed by atoms with van der Waals surface area (Å²) in [4.78, 5) is 47.3. The Morgan fingerprint density at radius 1 is 0.554 bits per heavy atom. The number of hydrogen-bond donors (Lipinski definition) is 6. The van der Waals surface area contributed by atoms with E-state index in [0.717, 1.165) is 16.7 Å². The van der Waals surface area contributed by atoms with E-state index in [9.17, 15) is 29.4 Å². The van der Waals surface area contributed by atoms with Crippen molar-refractivity contribution in [1.29, 1.82) is 0 Å². The molecule has 4 aromatic rings. The second kappa shape index (κ2) is 20.3. The van der Waals surface area contributed by atoms with Gasteiger partial charge >= 0.3 is 12.2 Å². The van der Waals surface area contributed by atoms with Crippen LogP contribution in [0.1, 0.15) is 63.8 Å². The minimum absolute atomic E-state index is 0.0718. The number of carbonyl (C=O) groups excluding carboxylic acids is 4. The van der Waals surface area contributed by atoms with Crippen molar-refractivity contribution in [3.05, 3.63) is 119 Å². The van der Waals surface area contributed by atoms with Crippen molar-refractivity contribution in [1.82, 2.24) is 10.6 Å². The first-order valence-electron chi connectivity index (χ1n) is 17.8. The highest BCUT2D eigenvalue weighted by Crippen LogP contribution is 2.31. The highest BCUT2D eigenvalue weighted by atomic mass is 16.6. The van der Waals surface area contributed by atoms with Gasteiger partial charge in [-0.15, -0.1) is 0 Å². The van der Waals surface area contributed by atoms with Crippen molar-refractivity contribution in [2.45, 2.75) is 90.9 Å². The van der Waals surface area contributed by atoms with Crippen LogP contribution < -0.4 is 31.6 Å². The molecule has 0 aliphatic carbocycles. The summed E-state index contributed by atoms with van der Waals surface area (Å²) in [5.74, 6) is -0.866. The lowest BCUT2D eigenvalue weighted by molar-refractivity contribution is -0.120. The molecule has 0 saturated heterocycles. The first-order valence-corrected chi connectivity index (χ1v) is 17.8. The lowest BCUT2D eigenvalue weighted by Crippen LogP contribution is -2.47. The van der Waals surface area contributed by atoms with Crippen LogP contribution in [-0.2, 0) is 45.1 Å². The number of aromatic hydroxyl groups is 2. The summed E-state index contributed by atoms with van der Waals surface area (Å²) >= 11 is 0. The van der Waals surface area contributed by atoms with Crippen LogP contribution in [0.3, 0.4) is 0 Å². The highest BCUT2D eigenvalue weighted by molar-refractivity contribution is 5.85. The van der Waals surface area contributed by atoms with Gasteiger partial charge in [0.05, 0.1) is 0 Å². The first-order chi connectivity index (χ1) is 26.3. The Hall–Kier alpha value is -6.44. The van der Waals surface area contributed by atoms with Crippen molar-refractivity contribution in [3.8, 4) is 23.0 Å². The van der Waals surface area contributed by atoms with E-state index >= 15 is 0 Å². The molecule has 2 atom stereocenters. The number of primary amides is 2. The summed E-state index contributed by atoms with van der Waals surface area (Å²) in [6.07, 6.45) is -1.21. The minimum Gasteiger partial charge on any atom is -0.504 e. The van der Waals surface area contributed by atoms with Crippen LogP contribution in [0.4, 0.5) is 9.59 Å². The van der Waals surface area contributed by atoms with Crippen LogP contribution in [-0.4, -0.2) is 57.5 Å². The number of rotatable bonds is 14. The average Bonchev–Trinajstić information content (AvgIpc) is 3.10. The highest BCUT2D eigenvalue weighted by Gasteiger charge is 2.25. The third kappa shape index (κ3) is 16.3. The van der Waals surface area contributed by atoms with E-state index in [1.807, 2.05) is 66.7 Å². The second-order valence-corrected chi connectivity index (χ2v) is 14.8. The monoisotopic (exact) mass is 772 g/mol. The normalized spacial score (nSPS) is 12.1. The van der Waals surface area contributed by atoms with E-state index in [0.29, 0.717) is 30.3 Å². The Morgan fingerprint density at radius 2 is 0.964 bits per heavy atom. The number of carbonyl (C=O) groups is 4. The van der Waals surface area contributed by atoms with Crippen molar-refractivity contribution in [2.24, 2.45) is 11.5 Å². The van der Waals surface area contributed by atoms with Gasteiger partial charge in [0.15, 0.2) is 23.0 Å². The Morgan fingerprint density at radius 3 is 1.38 bits per heavy atom.